The van der Waals surface area contributed by atoms with E-state index in [1.165, 1.54) is 12.0 Å². The van der Waals surface area contributed by atoms with Gasteiger partial charge in [0.05, 0.1) is 12.8 Å². The van der Waals surface area contributed by atoms with E-state index >= 15 is 0 Å². The lowest BCUT2D eigenvalue weighted by atomic mass is 9.96. The van der Waals surface area contributed by atoms with Gasteiger partial charge in [-0.15, -0.1) is 0 Å². The van der Waals surface area contributed by atoms with Gasteiger partial charge in [-0.05, 0) is 25.0 Å². The Balaban J connectivity index is 1.83. The fourth-order valence-electron chi connectivity index (χ4n) is 2.54. The average molecular weight is 360 g/mol. The standard InChI is InChI=1S/C16H19F3N2O4/c1-24-13-5-3-2-4-12(13)20-14(22)11-6-8-21(9-7-11)15(23)25-10-16(17,18)19/h2-5,11H,6-10H2,1H3,(H,20,22). The molecule has 25 heavy (non-hydrogen) atoms. The Bertz CT molecular complexity index is 614. The first-order valence-electron chi connectivity index (χ1n) is 7.72. The van der Waals surface area contributed by atoms with Crippen LogP contribution in [0.25, 0.3) is 0 Å². The summed E-state index contributed by atoms with van der Waals surface area (Å²) in [6.45, 7) is -1.28. The molecule has 0 radical (unpaired) electrons. The summed E-state index contributed by atoms with van der Waals surface area (Å²) in [4.78, 5) is 25.1. The number of para-hydroxylation sites is 2. The van der Waals surface area contributed by atoms with Gasteiger partial charge in [-0.2, -0.15) is 13.2 Å². The second-order valence-corrected chi connectivity index (χ2v) is 5.62. The SMILES string of the molecule is COc1ccccc1NC(=O)C1CCN(C(=O)OCC(F)(F)F)CC1. The number of nitrogens with zero attached hydrogens (tertiary/aromatic N) is 1. The van der Waals surface area contributed by atoms with Crippen molar-refractivity contribution in [3.8, 4) is 5.75 Å². The highest BCUT2D eigenvalue weighted by atomic mass is 19.4. The van der Waals surface area contributed by atoms with Gasteiger partial charge >= 0.3 is 12.3 Å². The van der Waals surface area contributed by atoms with Crippen LogP contribution >= 0.6 is 0 Å². The van der Waals surface area contributed by atoms with Crippen LogP contribution in [-0.2, 0) is 9.53 Å². The van der Waals surface area contributed by atoms with Gasteiger partial charge in [0, 0.05) is 19.0 Å². The van der Waals surface area contributed by atoms with Gasteiger partial charge in [0.1, 0.15) is 5.75 Å². The van der Waals surface area contributed by atoms with Crippen LogP contribution in [0.2, 0.25) is 0 Å². The maximum Gasteiger partial charge on any atom is 0.422 e. The summed E-state index contributed by atoms with van der Waals surface area (Å²) in [5.41, 5.74) is 0.544. The van der Waals surface area contributed by atoms with Crippen molar-refractivity contribution in [2.45, 2.75) is 19.0 Å². The number of carbonyl (C=O) groups is 2. The molecule has 1 aliphatic heterocycles. The Morgan fingerprint density at radius 1 is 1.24 bits per heavy atom. The van der Waals surface area contributed by atoms with Gasteiger partial charge in [0.25, 0.3) is 0 Å². The van der Waals surface area contributed by atoms with Crippen molar-refractivity contribution in [1.82, 2.24) is 4.90 Å². The molecule has 0 bridgehead atoms. The number of amides is 2. The van der Waals surface area contributed by atoms with Crippen LogP contribution in [0.3, 0.4) is 0 Å². The minimum absolute atomic E-state index is 0.167. The quantitative estimate of drug-likeness (QED) is 0.896. The highest BCUT2D eigenvalue weighted by Crippen LogP contribution is 2.26. The number of carbonyl (C=O) groups excluding carboxylic acids is 2. The third-order valence-corrected chi connectivity index (χ3v) is 3.85. The molecule has 0 saturated carbocycles. The smallest absolute Gasteiger partial charge is 0.422 e. The van der Waals surface area contributed by atoms with Crippen LogP contribution in [0.15, 0.2) is 24.3 Å². The molecule has 2 rings (SSSR count). The molecule has 0 unspecified atom stereocenters. The third kappa shape index (κ3) is 5.54. The number of hydrogen-bond donors (Lipinski definition) is 1. The molecule has 6 nitrogen and oxygen atoms in total. The summed E-state index contributed by atoms with van der Waals surface area (Å²) < 4.78 is 45.6. The van der Waals surface area contributed by atoms with Gasteiger partial charge in [0.15, 0.2) is 6.61 Å². The molecule has 2 amide bonds. The maximum atomic E-state index is 12.3. The molecule has 0 atom stereocenters. The number of methoxy groups -OCH3 is 1. The summed E-state index contributed by atoms with van der Waals surface area (Å²) in [5, 5.41) is 2.77. The third-order valence-electron chi connectivity index (χ3n) is 3.85. The first-order chi connectivity index (χ1) is 11.8. The maximum absolute atomic E-state index is 12.3. The van der Waals surface area contributed by atoms with E-state index in [-0.39, 0.29) is 24.9 Å². The van der Waals surface area contributed by atoms with Crippen molar-refractivity contribution in [2.24, 2.45) is 5.92 Å². The fraction of sp³-hybridized carbons (Fsp3) is 0.500. The molecule has 0 aliphatic carbocycles. The molecule has 138 valence electrons. The van der Waals surface area contributed by atoms with Gasteiger partial charge in [-0.1, -0.05) is 12.1 Å². The Labute approximate surface area is 142 Å². The largest absolute Gasteiger partial charge is 0.495 e. The van der Waals surface area contributed by atoms with Gasteiger partial charge in [-0.25, -0.2) is 4.79 Å². The van der Waals surface area contributed by atoms with Crippen LogP contribution in [-0.4, -0.2) is 49.9 Å². The highest BCUT2D eigenvalue weighted by Gasteiger charge is 2.33. The average Bonchev–Trinajstić information content (AvgIpc) is 2.59. The second-order valence-electron chi connectivity index (χ2n) is 5.62. The Morgan fingerprint density at radius 2 is 1.88 bits per heavy atom. The number of hydrogen-bond acceptors (Lipinski definition) is 4. The van der Waals surface area contributed by atoms with Gasteiger partial charge < -0.3 is 19.7 Å². The molecule has 1 aromatic rings. The number of nitrogens with one attached hydrogen (secondary N) is 1. The molecule has 1 N–H and O–H groups in total. The normalized spacial score (nSPS) is 15.6. The molecule has 0 aromatic heterocycles. The van der Waals surface area contributed by atoms with Gasteiger partial charge in [0.2, 0.25) is 5.91 Å². The molecular weight excluding hydrogens is 341 g/mol. The van der Waals surface area contributed by atoms with Crippen LogP contribution in [0, 0.1) is 5.92 Å². The Morgan fingerprint density at radius 3 is 2.48 bits per heavy atom. The summed E-state index contributed by atoms with van der Waals surface area (Å²) >= 11 is 0. The molecule has 1 aliphatic rings. The summed E-state index contributed by atoms with van der Waals surface area (Å²) in [5.74, 6) is -0.0200. The van der Waals surface area contributed by atoms with E-state index in [1.54, 1.807) is 24.3 Å². The molecule has 9 heteroatoms. The number of piperidine rings is 1. The minimum atomic E-state index is -4.55. The van der Waals surface area contributed by atoms with Gasteiger partial charge in [-0.3, -0.25) is 4.79 Å². The van der Waals surface area contributed by atoms with E-state index in [4.69, 9.17) is 4.74 Å². The van der Waals surface area contributed by atoms with E-state index in [1.807, 2.05) is 0 Å². The van der Waals surface area contributed by atoms with Crippen molar-refractivity contribution < 1.29 is 32.2 Å². The molecular formula is C16H19F3N2O4. The van der Waals surface area contributed by atoms with Crippen molar-refractivity contribution in [3.63, 3.8) is 0 Å². The number of rotatable bonds is 4. The zero-order chi connectivity index (χ0) is 18.4. The Kier molecular flexibility index (Phi) is 6.11. The van der Waals surface area contributed by atoms with Crippen LogP contribution in [0.4, 0.5) is 23.7 Å². The molecule has 1 aromatic carbocycles. The number of ether oxygens (including phenoxy) is 2. The fourth-order valence-corrected chi connectivity index (χ4v) is 2.54. The van der Waals surface area contributed by atoms with E-state index in [0.717, 1.165) is 0 Å². The molecule has 1 fully saturated rings. The minimum Gasteiger partial charge on any atom is -0.495 e. The zero-order valence-electron chi connectivity index (χ0n) is 13.6. The van der Waals surface area contributed by atoms with Crippen LogP contribution in [0.1, 0.15) is 12.8 Å². The van der Waals surface area contributed by atoms with Crippen molar-refractivity contribution in [3.05, 3.63) is 24.3 Å². The molecule has 1 saturated heterocycles. The Hall–Kier alpha value is -2.45. The van der Waals surface area contributed by atoms with E-state index < -0.39 is 18.9 Å². The van der Waals surface area contributed by atoms with Crippen LogP contribution < -0.4 is 10.1 Å². The summed E-state index contributed by atoms with van der Waals surface area (Å²) in [7, 11) is 1.50. The summed E-state index contributed by atoms with van der Waals surface area (Å²) in [6.07, 6.45) is -4.87. The summed E-state index contributed by atoms with van der Waals surface area (Å²) in [6, 6.07) is 6.96. The number of benzene rings is 1. The molecule has 1 heterocycles. The van der Waals surface area contributed by atoms with Crippen molar-refractivity contribution in [1.29, 1.82) is 0 Å². The monoisotopic (exact) mass is 360 g/mol. The predicted molar refractivity (Wildman–Crippen MR) is 83.3 cm³/mol. The number of likely N-dealkylation sites (tertiary alicyclic amines) is 1. The zero-order valence-corrected chi connectivity index (χ0v) is 13.6. The topological polar surface area (TPSA) is 67.9 Å². The lowest BCUT2D eigenvalue weighted by molar-refractivity contribution is -0.162. The highest BCUT2D eigenvalue weighted by molar-refractivity contribution is 5.94. The first kappa shape index (κ1) is 18.9. The van der Waals surface area contributed by atoms with E-state index in [2.05, 4.69) is 10.1 Å². The lowest BCUT2D eigenvalue weighted by Gasteiger charge is -2.30. The van der Waals surface area contributed by atoms with Crippen LogP contribution in [0.5, 0.6) is 5.75 Å². The lowest BCUT2D eigenvalue weighted by Crippen LogP contribution is -2.42. The van der Waals surface area contributed by atoms with Crippen molar-refractivity contribution >= 4 is 17.7 Å². The first-order valence-corrected chi connectivity index (χ1v) is 7.72. The number of anilines is 1. The van der Waals surface area contributed by atoms with E-state index in [0.29, 0.717) is 24.3 Å². The predicted octanol–water partition coefficient (Wildman–Crippen LogP) is 3.04. The molecule has 0 spiro atoms. The number of alkyl halides is 3. The second kappa shape index (κ2) is 8.09. The van der Waals surface area contributed by atoms with E-state index in [9.17, 15) is 22.8 Å². The number of halogens is 3. The van der Waals surface area contributed by atoms with Crippen molar-refractivity contribution in [2.75, 3.05) is 32.1 Å².